The smallest absolute Gasteiger partial charge is 0.319 e. The molecule has 0 saturated carbocycles. The van der Waals surface area contributed by atoms with Crippen molar-refractivity contribution in [3.05, 3.63) is 93.4 Å². The summed E-state index contributed by atoms with van der Waals surface area (Å²) in [5.41, 5.74) is 1.98. The van der Waals surface area contributed by atoms with E-state index in [0.717, 1.165) is 11.1 Å². The first-order valence-corrected chi connectivity index (χ1v) is 12.3. The molecule has 0 fully saturated rings. The zero-order chi connectivity index (χ0) is 24.8. The number of hydrogen-bond donors (Lipinski definition) is 3. The molecule has 7 nitrogen and oxygen atoms in total. The number of halogens is 3. The monoisotopic (exact) mass is 545 g/mol. The van der Waals surface area contributed by atoms with Crippen LogP contribution in [0.2, 0.25) is 15.1 Å². The molecule has 0 unspecified atom stereocenters. The van der Waals surface area contributed by atoms with E-state index in [4.69, 9.17) is 34.8 Å². The molecular formula is C24H18Cl3N5O2S. The molecule has 0 radical (unpaired) electrons. The Hall–Kier alpha value is -3.17. The number of nitrogens with zero attached hydrogens (tertiary/aromatic N) is 2. The molecule has 3 N–H and O–H groups in total. The second kappa shape index (κ2) is 11.5. The Morgan fingerprint density at radius 1 is 0.886 bits per heavy atom. The lowest BCUT2D eigenvalue weighted by Crippen LogP contribution is -2.47. The van der Waals surface area contributed by atoms with Crippen LogP contribution in [-0.2, 0) is 11.2 Å². The highest BCUT2D eigenvalue weighted by Crippen LogP contribution is 2.30. The number of urea groups is 1. The van der Waals surface area contributed by atoms with Crippen molar-refractivity contribution in [3.8, 4) is 10.6 Å². The van der Waals surface area contributed by atoms with Crippen LogP contribution in [0.4, 0.5) is 15.6 Å². The van der Waals surface area contributed by atoms with Crippen LogP contribution in [0.3, 0.4) is 0 Å². The summed E-state index contributed by atoms with van der Waals surface area (Å²) in [4.78, 5) is 25.9. The predicted molar refractivity (Wildman–Crippen MR) is 142 cm³/mol. The largest absolute Gasteiger partial charge is 0.326 e. The fraction of sp³-hybridized carbons (Fsp3) is 0.0833. The third-order valence-corrected chi connectivity index (χ3v) is 6.77. The van der Waals surface area contributed by atoms with Crippen LogP contribution in [0.5, 0.6) is 0 Å². The molecule has 35 heavy (non-hydrogen) atoms. The van der Waals surface area contributed by atoms with Crippen LogP contribution in [0.15, 0.2) is 72.8 Å². The summed E-state index contributed by atoms with van der Waals surface area (Å²) in [6, 6.07) is 19.9. The molecule has 3 amide bonds. The normalized spacial score (nSPS) is 11.5. The molecule has 4 rings (SSSR count). The van der Waals surface area contributed by atoms with Gasteiger partial charge in [-0.05, 0) is 29.8 Å². The van der Waals surface area contributed by atoms with Crippen LogP contribution in [-0.4, -0.2) is 28.2 Å². The maximum absolute atomic E-state index is 13.1. The van der Waals surface area contributed by atoms with Crippen LogP contribution in [0.25, 0.3) is 10.6 Å². The third-order valence-electron chi connectivity index (χ3n) is 4.83. The molecule has 1 heterocycles. The number of nitrogens with one attached hydrogen (secondary N) is 3. The first-order valence-electron chi connectivity index (χ1n) is 10.3. The summed E-state index contributed by atoms with van der Waals surface area (Å²) in [5, 5.41) is 18.2. The fourth-order valence-electron chi connectivity index (χ4n) is 3.18. The van der Waals surface area contributed by atoms with Gasteiger partial charge < -0.3 is 10.6 Å². The molecule has 1 aromatic heterocycles. The SMILES string of the molecule is O=C(Nc1cccc(Cl)c1Cl)N[C@@H](Cc1ccccc1)C(=O)Nc1nnc(-c2cccc(Cl)c2)s1. The van der Waals surface area contributed by atoms with Crippen molar-refractivity contribution >= 4 is 68.9 Å². The van der Waals surface area contributed by atoms with Gasteiger partial charge in [0.1, 0.15) is 11.0 Å². The van der Waals surface area contributed by atoms with Gasteiger partial charge in [0.15, 0.2) is 0 Å². The molecule has 1 atom stereocenters. The summed E-state index contributed by atoms with van der Waals surface area (Å²) >= 11 is 19.4. The first-order chi connectivity index (χ1) is 16.9. The molecule has 0 aliphatic heterocycles. The topological polar surface area (TPSA) is 96.0 Å². The number of anilines is 2. The second-order valence-electron chi connectivity index (χ2n) is 7.35. The van der Waals surface area contributed by atoms with E-state index >= 15 is 0 Å². The van der Waals surface area contributed by atoms with Gasteiger partial charge in [-0.15, -0.1) is 10.2 Å². The summed E-state index contributed by atoms with van der Waals surface area (Å²) in [6.45, 7) is 0. The maximum atomic E-state index is 13.1. The van der Waals surface area contributed by atoms with Crippen molar-refractivity contribution in [2.75, 3.05) is 10.6 Å². The summed E-state index contributed by atoms with van der Waals surface area (Å²) < 4.78 is 0. The van der Waals surface area contributed by atoms with E-state index in [2.05, 4.69) is 26.1 Å². The van der Waals surface area contributed by atoms with Crippen molar-refractivity contribution in [1.29, 1.82) is 0 Å². The molecule has 4 aromatic rings. The molecule has 0 spiro atoms. The number of benzene rings is 3. The Kier molecular flexibility index (Phi) is 8.20. The standard InChI is InChI=1S/C24H18Cl3N5O2S/c25-16-9-4-8-15(13-16)22-31-32-24(35-22)30-21(33)19(12-14-6-2-1-3-7-14)29-23(34)28-18-11-5-10-17(26)20(18)27/h1-11,13,19H,12H2,(H2,28,29,34)(H,30,32,33)/t19-/m0/s1. The van der Waals surface area contributed by atoms with Crippen LogP contribution in [0.1, 0.15) is 5.56 Å². The quantitative estimate of drug-likeness (QED) is 0.245. The zero-order valence-corrected chi connectivity index (χ0v) is 21.1. The molecule has 11 heteroatoms. The maximum Gasteiger partial charge on any atom is 0.319 e. The van der Waals surface area contributed by atoms with Crippen molar-refractivity contribution in [2.45, 2.75) is 12.5 Å². The van der Waals surface area contributed by atoms with E-state index in [9.17, 15) is 9.59 Å². The van der Waals surface area contributed by atoms with Crippen LogP contribution < -0.4 is 16.0 Å². The van der Waals surface area contributed by atoms with Crippen molar-refractivity contribution < 1.29 is 9.59 Å². The minimum atomic E-state index is -0.908. The fourth-order valence-corrected chi connectivity index (χ4v) is 4.46. The first kappa shape index (κ1) is 24.9. The molecule has 0 saturated heterocycles. The number of carbonyl (C=O) groups excluding carboxylic acids is 2. The Labute approximate surface area is 220 Å². The van der Waals surface area contributed by atoms with Gasteiger partial charge in [0.25, 0.3) is 0 Å². The highest BCUT2D eigenvalue weighted by Gasteiger charge is 2.23. The summed E-state index contributed by atoms with van der Waals surface area (Å²) in [6.07, 6.45) is 0.253. The zero-order valence-electron chi connectivity index (χ0n) is 18.0. The lowest BCUT2D eigenvalue weighted by Gasteiger charge is -2.18. The summed E-state index contributed by atoms with van der Waals surface area (Å²) in [7, 11) is 0. The molecule has 0 aliphatic carbocycles. The number of hydrogen-bond acceptors (Lipinski definition) is 5. The minimum Gasteiger partial charge on any atom is -0.326 e. The van der Waals surface area contributed by atoms with Crippen molar-refractivity contribution in [2.24, 2.45) is 0 Å². The average Bonchev–Trinajstić information content (AvgIpc) is 3.31. The Morgan fingerprint density at radius 3 is 2.43 bits per heavy atom. The molecule has 0 aliphatic rings. The van der Waals surface area contributed by atoms with Gasteiger partial charge in [0, 0.05) is 17.0 Å². The van der Waals surface area contributed by atoms with E-state index in [-0.39, 0.29) is 11.4 Å². The number of aromatic nitrogens is 2. The number of rotatable bonds is 7. The van der Waals surface area contributed by atoms with E-state index in [1.54, 1.807) is 30.3 Å². The number of carbonyl (C=O) groups is 2. The number of amides is 3. The van der Waals surface area contributed by atoms with Crippen LogP contribution in [0, 0.1) is 0 Å². The third kappa shape index (κ3) is 6.70. The van der Waals surface area contributed by atoms with E-state index in [1.165, 1.54) is 11.3 Å². The molecule has 3 aromatic carbocycles. The highest BCUT2D eigenvalue weighted by molar-refractivity contribution is 7.18. The minimum absolute atomic E-state index is 0.204. The van der Waals surface area contributed by atoms with Gasteiger partial charge in [-0.2, -0.15) is 0 Å². The van der Waals surface area contributed by atoms with E-state index in [1.807, 2.05) is 42.5 Å². The highest BCUT2D eigenvalue weighted by atomic mass is 35.5. The van der Waals surface area contributed by atoms with E-state index in [0.29, 0.717) is 25.9 Å². The van der Waals surface area contributed by atoms with Gasteiger partial charge in [-0.25, -0.2) is 4.79 Å². The van der Waals surface area contributed by atoms with Crippen LogP contribution >= 0.6 is 46.1 Å². The average molecular weight is 547 g/mol. The van der Waals surface area contributed by atoms with E-state index < -0.39 is 18.0 Å². The lowest BCUT2D eigenvalue weighted by atomic mass is 10.1. The van der Waals surface area contributed by atoms with Crippen molar-refractivity contribution in [3.63, 3.8) is 0 Å². The van der Waals surface area contributed by atoms with Gasteiger partial charge in [0.05, 0.1) is 15.7 Å². The summed E-state index contributed by atoms with van der Waals surface area (Å²) in [5.74, 6) is -0.449. The molecule has 0 bridgehead atoms. The van der Waals surface area contributed by atoms with Gasteiger partial charge in [0.2, 0.25) is 11.0 Å². The van der Waals surface area contributed by atoms with Gasteiger partial charge in [-0.1, -0.05) is 94.7 Å². The second-order valence-corrected chi connectivity index (χ2v) is 9.55. The van der Waals surface area contributed by atoms with Gasteiger partial charge >= 0.3 is 6.03 Å². The molecular weight excluding hydrogens is 529 g/mol. The lowest BCUT2D eigenvalue weighted by molar-refractivity contribution is -0.117. The Morgan fingerprint density at radius 2 is 1.66 bits per heavy atom. The predicted octanol–water partition coefficient (Wildman–Crippen LogP) is 6.54. The van der Waals surface area contributed by atoms with Crippen molar-refractivity contribution in [1.82, 2.24) is 15.5 Å². The Bertz CT molecular complexity index is 1350. The molecule has 178 valence electrons. The van der Waals surface area contributed by atoms with Gasteiger partial charge in [-0.3, -0.25) is 10.1 Å². The Balaban J connectivity index is 1.49.